The minimum Gasteiger partial charge on any atom is -0.478 e. The van der Waals surface area contributed by atoms with E-state index in [0.29, 0.717) is 18.5 Å². The number of hydrogen-bond acceptors (Lipinski definition) is 5. The fourth-order valence-electron chi connectivity index (χ4n) is 1.60. The van der Waals surface area contributed by atoms with E-state index in [1.165, 1.54) is 0 Å². The van der Waals surface area contributed by atoms with Crippen molar-refractivity contribution in [3.05, 3.63) is 11.8 Å². The Balaban J connectivity index is 2.62. The minimum absolute atomic E-state index is 0.496. The monoisotopic (exact) mass is 266 g/mol. The summed E-state index contributed by atoms with van der Waals surface area (Å²) in [6, 6.07) is 2.37. The van der Waals surface area contributed by atoms with Crippen molar-refractivity contribution in [2.24, 2.45) is 0 Å². The Hall–Kier alpha value is -1.36. The molecule has 0 radical (unpaired) electrons. The molecule has 19 heavy (non-hydrogen) atoms. The molecule has 0 saturated heterocycles. The lowest BCUT2D eigenvalue weighted by Crippen LogP contribution is -2.33. The van der Waals surface area contributed by atoms with Crippen LogP contribution in [0.1, 0.15) is 32.9 Å². The molecule has 1 rings (SSSR count). The molecule has 108 valence electrons. The minimum atomic E-state index is 0.496. The van der Waals surface area contributed by atoms with Crippen LogP contribution in [-0.2, 0) is 0 Å². The van der Waals surface area contributed by atoms with E-state index in [2.05, 4.69) is 36.1 Å². The number of nitrogens with one attached hydrogen (secondary N) is 1. The molecule has 0 bridgehead atoms. The van der Waals surface area contributed by atoms with E-state index in [1.54, 1.807) is 0 Å². The highest BCUT2D eigenvalue weighted by molar-refractivity contribution is 5.33. The van der Waals surface area contributed by atoms with Gasteiger partial charge in [-0.25, -0.2) is 4.98 Å². The number of hydrogen-bond donors (Lipinski definition) is 1. The van der Waals surface area contributed by atoms with Crippen LogP contribution in [0.25, 0.3) is 0 Å². The Morgan fingerprint density at radius 3 is 2.74 bits per heavy atom. The second-order valence-electron chi connectivity index (χ2n) is 5.03. The summed E-state index contributed by atoms with van der Waals surface area (Å²) in [5.41, 5.74) is 0.930. The lowest BCUT2D eigenvalue weighted by molar-refractivity contribution is 0.304. The smallest absolute Gasteiger partial charge is 0.228 e. The predicted molar refractivity (Wildman–Crippen MR) is 79.0 cm³/mol. The van der Waals surface area contributed by atoms with Gasteiger partial charge in [-0.3, -0.25) is 0 Å². The lowest BCUT2D eigenvalue weighted by Gasteiger charge is -2.19. The van der Waals surface area contributed by atoms with Crippen LogP contribution in [0.3, 0.4) is 0 Å². The van der Waals surface area contributed by atoms with E-state index in [1.807, 2.05) is 24.9 Å². The average molecular weight is 266 g/mol. The third kappa shape index (κ3) is 5.87. The molecule has 0 amide bonds. The second kappa shape index (κ2) is 7.94. The topological polar surface area (TPSA) is 50.3 Å². The maximum Gasteiger partial charge on any atom is 0.228 e. The normalized spacial score (nSPS) is 10.8. The Morgan fingerprint density at radius 2 is 2.11 bits per heavy atom. The van der Waals surface area contributed by atoms with Crippen LogP contribution in [0.5, 0.6) is 5.88 Å². The Kier molecular flexibility index (Phi) is 6.56. The van der Waals surface area contributed by atoms with Gasteiger partial charge in [-0.15, -0.1) is 0 Å². The quantitative estimate of drug-likeness (QED) is 0.780. The Bertz CT molecular complexity index is 382. The van der Waals surface area contributed by atoms with E-state index in [4.69, 9.17) is 4.74 Å². The van der Waals surface area contributed by atoms with Gasteiger partial charge < -0.3 is 15.0 Å². The zero-order valence-corrected chi connectivity index (χ0v) is 12.7. The lowest BCUT2D eigenvalue weighted by atomic mass is 10.4. The van der Waals surface area contributed by atoms with Crippen LogP contribution in [0, 0.1) is 6.92 Å². The molecular weight excluding hydrogens is 240 g/mol. The van der Waals surface area contributed by atoms with Crippen LogP contribution < -0.4 is 15.0 Å². The summed E-state index contributed by atoms with van der Waals surface area (Å²) in [6.07, 6.45) is 0.979. The van der Waals surface area contributed by atoms with Crippen LogP contribution in [0.2, 0.25) is 0 Å². The fourth-order valence-corrected chi connectivity index (χ4v) is 1.60. The van der Waals surface area contributed by atoms with E-state index in [9.17, 15) is 0 Å². The summed E-state index contributed by atoms with van der Waals surface area (Å²) in [6.45, 7) is 10.8. The summed E-state index contributed by atoms with van der Waals surface area (Å²) in [5, 5.41) is 3.38. The highest BCUT2D eigenvalue weighted by Gasteiger charge is 2.08. The van der Waals surface area contributed by atoms with Gasteiger partial charge in [-0.1, -0.05) is 20.8 Å². The molecule has 1 aromatic heterocycles. The van der Waals surface area contributed by atoms with Gasteiger partial charge in [0, 0.05) is 37.9 Å². The van der Waals surface area contributed by atoms with Gasteiger partial charge in [0.05, 0.1) is 6.61 Å². The maximum atomic E-state index is 5.58. The largest absolute Gasteiger partial charge is 0.478 e. The second-order valence-corrected chi connectivity index (χ2v) is 5.03. The summed E-state index contributed by atoms with van der Waals surface area (Å²) >= 11 is 0. The number of nitrogens with zero attached hydrogens (tertiary/aromatic N) is 3. The molecule has 1 heterocycles. The fraction of sp³-hybridized carbons (Fsp3) is 0.714. The number of likely N-dealkylation sites (N-methyl/N-ethyl adjacent to an activating group) is 1. The van der Waals surface area contributed by atoms with Gasteiger partial charge in [0.15, 0.2) is 0 Å². The van der Waals surface area contributed by atoms with Crippen molar-refractivity contribution in [2.75, 3.05) is 31.6 Å². The predicted octanol–water partition coefficient (Wildman–Crippen LogP) is 2.01. The highest BCUT2D eigenvalue weighted by atomic mass is 16.5. The number of aryl methyl sites for hydroxylation is 1. The van der Waals surface area contributed by atoms with Gasteiger partial charge in [0.2, 0.25) is 11.8 Å². The van der Waals surface area contributed by atoms with Gasteiger partial charge in [0.25, 0.3) is 0 Å². The zero-order valence-electron chi connectivity index (χ0n) is 12.7. The molecule has 0 saturated carbocycles. The summed E-state index contributed by atoms with van der Waals surface area (Å²) in [7, 11) is 2.00. The van der Waals surface area contributed by atoms with Gasteiger partial charge in [0.1, 0.15) is 0 Å². The van der Waals surface area contributed by atoms with Crippen molar-refractivity contribution in [1.29, 1.82) is 0 Å². The molecule has 0 fully saturated rings. The van der Waals surface area contributed by atoms with Gasteiger partial charge in [-0.2, -0.15) is 4.98 Å². The van der Waals surface area contributed by atoms with Crippen molar-refractivity contribution < 1.29 is 4.74 Å². The summed E-state index contributed by atoms with van der Waals surface area (Å²) < 4.78 is 5.58. The first-order valence-corrected chi connectivity index (χ1v) is 6.96. The van der Waals surface area contributed by atoms with Crippen molar-refractivity contribution >= 4 is 5.95 Å². The van der Waals surface area contributed by atoms with Crippen molar-refractivity contribution in [3.63, 3.8) is 0 Å². The SMILES string of the molecule is CCCOc1cc(C)nc(N(C)CCNC(C)C)n1. The molecule has 5 heteroatoms. The molecule has 0 spiro atoms. The molecule has 1 aromatic rings. The molecule has 5 nitrogen and oxygen atoms in total. The highest BCUT2D eigenvalue weighted by Crippen LogP contribution is 2.14. The van der Waals surface area contributed by atoms with E-state index < -0.39 is 0 Å². The first-order valence-electron chi connectivity index (χ1n) is 6.96. The number of aromatic nitrogens is 2. The third-order valence-electron chi connectivity index (χ3n) is 2.61. The van der Waals surface area contributed by atoms with E-state index >= 15 is 0 Å². The van der Waals surface area contributed by atoms with Crippen molar-refractivity contribution in [1.82, 2.24) is 15.3 Å². The first-order chi connectivity index (χ1) is 9.02. The number of rotatable bonds is 8. The van der Waals surface area contributed by atoms with Crippen molar-refractivity contribution in [3.8, 4) is 5.88 Å². The molecule has 0 unspecified atom stereocenters. The van der Waals surface area contributed by atoms with Crippen LogP contribution >= 0.6 is 0 Å². The average Bonchev–Trinajstić information content (AvgIpc) is 2.35. The Labute approximate surface area is 116 Å². The number of anilines is 1. The third-order valence-corrected chi connectivity index (χ3v) is 2.61. The number of ether oxygens (including phenoxy) is 1. The molecule has 0 aromatic carbocycles. The standard InChI is InChI=1S/C14H26N4O/c1-6-9-19-13-10-12(4)16-14(17-13)18(5)8-7-15-11(2)3/h10-11,15H,6-9H2,1-5H3. The first kappa shape index (κ1) is 15.7. The molecule has 1 N–H and O–H groups in total. The molecular formula is C14H26N4O. The van der Waals surface area contributed by atoms with Gasteiger partial charge >= 0.3 is 0 Å². The Morgan fingerprint density at radius 1 is 1.37 bits per heavy atom. The molecule has 0 aliphatic carbocycles. The maximum absolute atomic E-state index is 5.58. The van der Waals surface area contributed by atoms with Crippen LogP contribution in [-0.4, -0.2) is 42.8 Å². The van der Waals surface area contributed by atoms with Crippen LogP contribution in [0.15, 0.2) is 6.07 Å². The molecule has 0 atom stereocenters. The van der Waals surface area contributed by atoms with Crippen LogP contribution in [0.4, 0.5) is 5.95 Å². The van der Waals surface area contributed by atoms with Gasteiger partial charge in [-0.05, 0) is 13.3 Å². The van der Waals surface area contributed by atoms with E-state index in [0.717, 1.165) is 31.2 Å². The summed E-state index contributed by atoms with van der Waals surface area (Å²) in [4.78, 5) is 10.9. The molecule has 0 aliphatic rings. The molecule has 0 aliphatic heterocycles. The zero-order chi connectivity index (χ0) is 14.3. The summed E-state index contributed by atoms with van der Waals surface area (Å²) in [5.74, 6) is 1.38. The van der Waals surface area contributed by atoms with E-state index in [-0.39, 0.29) is 0 Å². The van der Waals surface area contributed by atoms with Crippen molar-refractivity contribution in [2.45, 2.75) is 40.2 Å².